The van der Waals surface area contributed by atoms with Gasteiger partial charge in [-0.1, -0.05) is 73.5 Å². The number of hydrogen-bond acceptors (Lipinski definition) is 5. The van der Waals surface area contributed by atoms with Crippen molar-refractivity contribution in [2.75, 3.05) is 6.61 Å². The molecule has 1 heterocycles. The molecule has 1 aliphatic rings. The minimum absolute atomic E-state index is 0.0450. The molecule has 2 aromatic rings. The van der Waals surface area contributed by atoms with Crippen molar-refractivity contribution in [1.29, 1.82) is 0 Å². The molecule has 0 N–H and O–H groups in total. The van der Waals surface area contributed by atoms with Crippen molar-refractivity contribution < 1.29 is 23.9 Å². The Bertz CT molecular complexity index is 968. The fourth-order valence-electron chi connectivity index (χ4n) is 4.40. The van der Waals surface area contributed by atoms with Gasteiger partial charge in [0.15, 0.2) is 0 Å². The highest BCUT2D eigenvalue weighted by atomic mass is 16.6. The van der Waals surface area contributed by atoms with Crippen molar-refractivity contribution in [3.63, 3.8) is 0 Å². The minimum Gasteiger partial charge on any atom is -0.460 e. The number of imide groups is 1. The lowest BCUT2D eigenvalue weighted by molar-refractivity contribution is -0.158. The molecule has 1 aliphatic heterocycles. The molecule has 0 radical (unpaired) electrons. The van der Waals surface area contributed by atoms with E-state index in [0.717, 1.165) is 31.2 Å². The van der Waals surface area contributed by atoms with Crippen LogP contribution in [-0.4, -0.2) is 41.1 Å². The molecule has 0 saturated carbocycles. The van der Waals surface area contributed by atoms with E-state index in [9.17, 15) is 14.4 Å². The maximum absolute atomic E-state index is 13.6. The van der Waals surface area contributed by atoms with E-state index in [1.165, 1.54) is 10.5 Å². The van der Waals surface area contributed by atoms with Crippen molar-refractivity contribution in [3.8, 4) is 0 Å². The third kappa shape index (κ3) is 8.53. The number of hydrogen-bond donors (Lipinski definition) is 0. The summed E-state index contributed by atoms with van der Waals surface area (Å²) in [5, 5.41) is 0. The summed E-state index contributed by atoms with van der Waals surface area (Å²) < 4.78 is 10.7. The maximum atomic E-state index is 13.6. The van der Waals surface area contributed by atoms with Crippen molar-refractivity contribution in [3.05, 3.63) is 71.8 Å². The second-order valence-corrected chi connectivity index (χ2v) is 10.2. The zero-order valence-electron chi connectivity index (χ0n) is 21.1. The Balaban J connectivity index is 1.64. The molecule has 35 heavy (non-hydrogen) atoms. The molecule has 0 spiro atoms. The van der Waals surface area contributed by atoms with Crippen LogP contribution in [0, 0.1) is 5.92 Å². The van der Waals surface area contributed by atoms with Crippen LogP contribution in [0.4, 0.5) is 4.79 Å². The van der Waals surface area contributed by atoms with Gasteiger partial charge in [0.25, 0.3) is 0 Å². The highest BCUT2D eigenvalue weighted by molar-refractivity contribution is 5.96. The summed E-state index contributed by atoms with van der Waals surface area (Å²) in [6, 6.07) is 19.6. The van der Waals surface area contributed by atoms with Crippen molar-refractivity contribution >= 4 is 18.0 Å². The van der Waals surface area contributed by atoms with E-state index in [4.69, 9.17) is 9.47 Å². The van der Waals surface area contributed by atoms with Gasteiger partial charge in [0, 0.05) is 5.92 Å². The monoisotopic (exact) mass is 479 g/mol. The van der Waals surface area contributed by atoms with Crippen LogP contribution in [-0.2, 0) is 31.9 Å². The first kappa shape index (κ1) is 26.5. The van der Waals surface area contributed by atoms with Gasteiger partial charge >= 0.3 is 12.1 Å². The molecule has 2 amide bonds. The number of ether oxygens (including phenoxy) is 2. The molecule has 2 atom stereocenters. The Morgan fingerprint density at radius 2 is 1.60 bits per heavy atom. The summed E-state index contributed by atoms with van der Waals surface area (Å²) in [5.74, 6) is -1.39. The van der Waals surface area contributed by atoms with Crippen LogP contribution in [0.3, 0.4) is 0 Å². The predicted molar refractivity (Wildman–Crippen MR) is 135 cm³/mol. The van der Waals surface area contributed by atoms with E-state index >= 15 is 0 Å². The number of carbonyl (C=O) groups excluding carboxylic acids is 3. The van der Waals surface area contributed by atoms with Crippen molar-refractivity contribution in [2.45, 2.75) is 77.4 Å². The normalized spacial score (nSPS) is 16.6. The van der Waals surface area contributed by atoms with E-state index in [1.807, 2.05) is 48.5 Å². The van der Waals surface area contributed by atoms with Crippen LogP contribution in [0.1, 0.15) is 64.0 Å². The Hall–Kier alpha value is -3.15. The fraction of sp³-hybridized carbons (Fsp3) is 0.483. The Morgan fingerprint density at radius 3 is 2.23 bits per heavy atom. The van der Waals surface area contributed by atoms with Gasteiger partial charge in [-0.15, -0.1) is 0 Å². The molecule has 2 aromatic carbocycles. The molecule has 6 nitrogen and oxygen atoms in total. The molecule has 1 saturated heterocycles. The number of esters is 1. The SMILES string of the molecule is CC(C)(C)OC(=O)C[C@H](CCCCCc1ccccc1)C(=O)N1C(=O)OC[C@H]1Cc1ccccc1. The van der Waals surface area contributed by atoms with Crippen molar-refractivity contribution in [2.24, 2.45) is 5.92 Å². The Kier molecular flexibility index (Phi) is 9.47. The van der Waals surface area contributed by atoms with Gasteiger partial charge in [0.1, 0.15) is 12.2 Å². The lowest BCUT2D eigenvalue weighted by Gasteiger charge is -2.26. The van der Waals surface area contributed by atoms with E-state index in [2.05, 4.69) is 12.1 Å². The standard InChI is InChI=1S/C29H37NO5/c1-29(2,3)35-26(31)20-24(18-12-6-9-15-22-13-7-4-8-14-22)27(32)30-25(21-34-28(30)33)19-23-16-10-5-11-17-23/h4-5,7-8,10-11,13-14,16-17,24-25H,6,9,12,15,18-21H2,1-3H3/t24-,25+/m0/s1. The average Bonchev–Trinajstić information content (AvgIpc) is 3.17. The Morgan fingerprint density at radius 1 is 0.971 bits per heavy atom. The number of carbonyl (C=O) groups is 3. The zero-order chi connectivity index (χ0) is 25.3. The topological polar surface area (TPSA) is 72.9 Å². The highest BCUT2D eigenvalue weighted by Gasteiger charge is 2.41. The molecule has 6 heteroatoms. The summed E-state index contributed by atoms with van der Waals surface area (Å²) in [6.07, 6.45) is 4.07. The first-order valence-electron chi connectivity index (χ1n) is 12.5. The smallest absolute Gasteiger partial charge is 0.416 e. The summed E-state index contributed by atoms with van der Waals surface area (Å²) in [5.41, 5.74) is 1.68. The van der Waals surface area contributed by atoms with Gasteiger partial charge < -0.3 is 9.47 Å². The number of unbranched alkanes of at least 4 members (excludes halogenated alkanes) is 2. The third-order valence-corrected chi connectivity index (χ3v) is 6.06. The van der Waals surface area contributed by atoms with Gasteiger partial charge in [0.05, 0.1) is 12.5 Å². The van der Waals surface area contributed by atoms with Crippen LogP contribution in [0.5, 0.6) is 0 Å². The average molecular weight is 480 g/mol. The van der Waals surface area contributed by atoms with E-state index in [1.54, 1.807) is 20.8 Å². The van der Waals surface area contributed by atoms with Crippen LogP contribution >= 0.6 is 0 Å². The number of nitrogens with zero attached hydrogens (tertiary/aromatic N) is 1. The summed E-state index contributed by atoms with van der Waals surface area (Å²) in [6.45, 7) is 5.58. The molecular formula is C29H37NO5. The molecule has 3 rings (SSSR count). The van der Waals surface area contributed by atoms with E-state index < -0.39 is 23.6 Å². The van der Waals surface area contributed by atoms with Gasteiger partial charge in [-0.3, -0.25) is 9.59 Å². The number of rotatable bonds is 11. The van der Waals surface area contributed by atoms with E-state index in [0.29, 0.717) is 12.8 Å². The lowest BCUT2D eigenvalue weighted by atomic mass is 9.94. The van der Waals surface area contributed by atoms with Gasteiger partial charge in [-0.05, 0) is 57.6 Å². The fourth-order valence-corrected chi connectivity index (χ4v) is 4.40. The van der Waals surface area contributed by atoms with Crippen LogP contribution in [0.15, 0.2) is 60.7 Å². The predicted octanol–water partition coefficient (Wildman–Crippen LogP) is 5.73. The molecule has 1 fully saturated rings. The summed E-state index contributed by atoms with van der Waals surface area (Å²) in [7, 11) is 0. The van der Waals surface area contributed by atoms with E-state index in [-0.39, 0.29) is 25.0 Å². The number of amides is 2. The lowest BCUT2D eigenvalue weighted by Crippen LogP contribution is -2.44. The number of cyclic esters (lactones) is 1. The minimum atomic E-state index is -0.636. The molecule has 0 aliphatic carbocycles. The second kappa shape index (κ2) is 12.5. The van der Waals surface area contributed by atoms with Crippen LogP contribution in [0.2, 0.25) is 0 Å². The van der Waals surface area contributed by atoms with Gasteiger partial charge in [-0.25, -0.2) is 9.69 Å². The molecule has 188 valence electrons. The van der Waals surface area contributed by atoms with Crippen LogP contribution in [0.25, 0.3) is 0 Å². The molecule has 0 aromatic heterocycles. The molecular weight excluding hydrogens is 442 g/mol. The number of aryl methyl sites for hydroxylation is 1. The summed E-state index contributed by atoms with van der Waals surface area (Å²) in [4.78, 5) is 39.9. The molecule has 0 unspecified atom stereocenters. The van der Waals surface area contributed by atoms with Crippen molar-refractivity contribution in [1.82, 2.24) is 4.90 Å². The first-order chi connectivity index (χ1) is 16.7. The largest absolute Gasteiger partial charge is 0.460 e. The quantitative estimate of drug-likeness (QED) is 0.304. The summed E-state index contributed by atoms with van der Waals surface area (Å²) >= 11 is 0. The zero-order valence-corrected chi connectivity index (χ0v) is 21.1. The first-order valence-corrected chi connectivity index (χ1v) is 12.5. The molecule has 0 bridgehead atoms. The van der Waals surface area contributed by atoms with Gasteiger partial charge in [0.2, 0.25) is 5.91 Å². The Labute approximate surface area is 208 Å². The maximum Gasteiger partial charge on any atom is 0.416 e. The second-order valence-electron chi connectivity index (χ2n) is 10.2. The number of benzene rings is 2. The third-order valence-electron chi connectivity index (χ3n) is 6.06. The highest BCUT2D eigenvalue weighted by Crippen LogP contribution is 2.25. The van der Waals surface area contributed by atoms with Crippen LogP contribution < -0.4 is 0 Å². The van der Waals surface area contributed by atoms with Gasteiger partial charge in [-0.2, -0.15) is 0 Å².